The Kier molecular flexibility index (Phi) is 4.11. The Morgan fingerprint density at radius 3 is 2.89 bits per heavy atom. The van der Waals surface area contributed by atoms with Crippen LogP contribution in [0.3, 0.4) is 0 Å². The molecule has 0 saturated heterocycles. The number of halogens is 1. The molecular formula is C13H13BrN4O. The van der Waals surface area contributed by atoms with Gasteiger partial charge in [-0.3, -0.25) is 9.78 Å². The number of amides is 1. The number of aromatic nitrogens is 2. The molecule has 0 aliphatic rings. The normalized spacial score (nSPS) is 11.9. The molecule has 1 heterocycles. The van der Waals surface area contributed by atoms with Gasteiger partial charge in [0, 0.05) is 4.47 Å². The van der Waals surface area contributed by atoms with Gasteiger partial charge in [0.1, 0.15) is 11.5 Å². The average Bonchev–Trinajstić information content (AvgIpc) is 2.39. The van der Waals surface area contributed by atoms with Crippen molar-refractivity contribution in [1.29, 1.82) is 0 Å². The Morgan fingerprint density at radius 2 is 2.21 bits per heavy atom. The average molecular weight is 321 g/mol. The van der Waals surface area contributed by atoms with Gasteiger partial charge in [0.15, 0.2) is 0 Å². The predicted octanol–water partition coefficient (Wildman–Crippen LogP) is 2.51. The molecule has 0 spiro atoms. The molecule has 3 N–H and O–H groups in total. The summed E-state index contributed by atoms with van der Waals surface area (Å²) in [5.41, 5.74) is 6.41. The van der Waals surface area contributed by atoms with Gasteiger partial charge >= 0.3 is 0 Å². The number of hydrogen-bond donors (Lipinski definition) is 2. The van der Waals surface area contributed by atoms with Crippen LogP contribution in [0.1, 0.15) is 29.0 Å². The number of anilines is 1. The second-order valence-corrected chi connectivity index (χ2v) is 4.99. The van der Waals surface area contributed by atoms with Crippen LogP contribution in [0.5, 0.6) is 0 Å². The molecule has 98 valence electrons. The van der Waals surface area contributed by atoms with E-state index in [0.717, 1.165) is 10.0 Å². The zero-order valence-electron chi connectivity index (χ0n) is 10.3. The summed E-state index contributed by atoms with van der Waals surface area (Å²) >= 11 is 3.43. The maximum Gasteiger partial charge on any atom is 0.268 e. The number of nitrogens with zero attached hydrogens (tertiary/aromatic N) is 2. The highest BCUT2D eigenvalue weighted by Crippen LogP contribution is 2.20. The summed E-state index contributed by atoms with van der Waals surface area (Å²) in [5, 5.41) is 3.18. The van der Waals surface area contributed by atoms with E-state index >= 15 is 0 Å². The number of hydrogen-bond acceptors (Lipinski definition) is 4. The minimum Gasteiger partial charge on any atom is -0.364 e. The fourth-order valence-electron chi connectivity index (χ4n) is 1.64. The van der Waals surface area contributed by atoms with Crippen LogP contribution in [0, 0.1) is 0 Å². The van der Waals surface area contributed by atoms with Crippen LogP contribution in [-0.4, -0.2) is 15.9 Å². The largest absolute Gasteiger partial charge is 0.364 e. The van der Waals surface area contributed by atoms with E-state index in [4.69, 9.17) is 5.73 Å². The van der Waals surface area contributed by atoms with Crippen LogP contribution in [0.2, 0.25) is 0 Å². The standard InChI is InChI=1S/C13H13BrN4O/c1-8(9-3-2-4-10(14)5-9)17-12-7-16-6-11(18-12)13(15)19/h2-8H,1H3,(H2,15,19)(H,17,18). The Balaban J connectivity index is 2.17. The number of nitrogens with two attached hydrogens (primary N) is 1. The van der Waals surface area contributed by atoms with Crippen LogP contribution in [0.4, 0.5) is 5.82 Å². The number of carbonyl (C=O) groups is 1. The van der Waals surface area contributed by atoms with Crippen molar-refractivity contribution in [3.8, 4) is 0 Å². The number of carbonyl (C=O) groups excluding carboxylic acids is 1. The van der Waals surface area contributed by atoms with Crippen LogP contribution in [0.15, 0.2) is 41.1 Å². The van der Waals surface area contributed by atoms with E-state index in [1.54, 1.807) is 6.20 Å². The Morgan fingerprint density at radius 1 is 1.42 bits per heavy atom. The van der Waals surface area contributed by atoms with Crippen LogP contribution < -0.4 is 11.1 Å². The highest BCUT2D eigenvalue weighted by molar-refractivity contribution is 9.10. The minimum absolute atomic E-state index is 0.0370. The summed E-state index contributed by atoms with van der Waals surface area (Å²) in [5.74, 6) is -0.0740. The first-order valence-corrected chi connectivity index (χ1v) is 6.49. The van der Waals surface area contributed by atoms with Gasteiger partial charge in [-0.15, -0.1) is 0 Å². The molecule has 0 aliphatic heterocycles. The van der Waals surface area contributed by atoms with Crippen LogP contribution in [-0.2, 0) is 0 Å². The smallest absolute Gasteiger partial charge is 0.268 e. The molecule has 0 aliphatic carbocycles. The molecule has 0 radical (unpaired) electrons. The molecule has 1 unspecified atom stereocenters. The lowest BCUT2D eigenvalue weighted by atomic mass is 10.1. The lowest BCUT2D eigenvalue weighted by Crippen LogP contribution is -2.15. The molecule has 0 fully saturated rings. The van der Waals surface area contributed by atoms with E-state index in [1.165, 1.54) is 6.20 Å². The van der Waals surface area contributed by atoms with Crippen molar-refractivity contribution in [3.05, 3.63) is 52.4 Å². The highest BCUT2D eigenvalue weighted by Gasteiger charge is 2.09. The molecule has 1 aromatic carbocycles. The molecule has 1 atom stereocenters. The van der Waals surface area contributed by atoms with E-state index in [-0.39, 0.29) is 11.7 Å². The number of rotatable bonds is 4. The summed E-state index contributed by atoms with van der Waals surface area (Å²) in [6.45, 7) is 2.00. The molecule has 19 heavy (non-hydrogen) atoms. The zero-order valence-corrected chi connectivity index (χ0v) is 11.9. The molecule has 5 nitrogen and oxygen atoms in total. The molecule has 2 aromatic rings. The SMILES string of the molecule is CC(Nc1cncc(C(N)=O)n1)c1cccc(Br)c1. The van der Waals surface area contributed by atoms with Crippen LogP contribution in [0.25, 0.3) is 0 Å². The second-order valence-electron chi connectivity index (χ2n) is 4.07. The fourth-order valence-corrected chi connectivity index (χ4v) is 2.05. The summed E-state index contributed by atoms with van der Waals surface area (Å²) in [4.78, 5) is 19.1. The minimum atomic E-state index is -0.591. The van der Waals surface area contributed by atoms with E-state index < -0.39 is 5.91 Å². The fraction of sp³-hybridized carbons (Fsp3) is 0.154. The van der Waals surface area contributed by atoms with Crippen molar-refractivity contribution in [1.82, 2.24) is 9.97 Å². The lowest BCUT2D eigenvalue weighted by Gasteiger charge is -2.15. The summed E-state index contributed by atoms with van der Waals surface area (Å²) < 4.78 is 1.01. The first kappa shape index (κ1) is 13.5. The van der Waals surface area contributed by atoms with Crippen molar-refractivity contribution in [2.75, 3.05) is 5.32 Å². The Labute approximate surface area is 119 Å². The van der Waals surface area contributed by atoms with Crippen molar-refractivity contribution < 1.29 is 4.79 Å². The van der Waals surface area contributed by atoms with Gasteiger partial charge in [-0.25, -0.2) is 4.98 Å². The van der Waals surface area contributed by atoms with Gasteiger partial charge in [0.05, 0.1) is 18.4 Å². The van der Waals surface area contributed by atoms with E-state index in [2.05, 4.69) is 31.2 Å². The van der Waals surface area contributed by atoms with Gasteiger partial charge < -0.3 is 11.1 Å². The highest BCUT2D eigenvalue weighted by atomic mass is 79.9. The first-order valence-electron chi connectivity index (χ1n) is 5.70. The van der Waals surface area contributed by atoms with Gasteiger partial charge in [0.25, 0.3) is 5.91 Å². The Bertz CT molecular complexity index is 603. The number of primary amides is 1. The van der Waals surface area contributed by atoms with Crippen molar-refractivity contribution in [2.24, 2.45) is 5.73 Å². The Hall–Kier alpha value is -1.95. The maximum atomic E-state index is 11.0. The van der Waals surface area contributed by atoms with E-state index in [1.807, 2.05) is 31.2 Å². The molecule has 0 bridgehead atoms. The molecule has 6 heteroatoms. The quantitative estimate of drug-likeness (QED) is 0.907. The monoisotopic (exact) mass is 320 g/mol. The third-order valence-electron chi connectivity index (χ3n) is 2.60. The summed E-state index contributed by atoms with van der Waals surface area (Å²) in [6.07, 6.45) is 2.90. The maximum absolute atomic E-state index is 11.0. The van der Waals surface area contributed by atoms with Crippen molar-refractivity contribution >= 4 is 27.7 Å². The molecule has 0 saturated carbocycles. The topological polar surface area (TPSA) is 80.9 Å². The second kappa shape index (κ2) is 5.79. The predicted molar refractivity (Wildman–Crippen MR) is 76.7 cm³/mol. The molecule has 1 aromatic heterocycles. The van der Waals surface area contributed by atoms with Gasteiger partial charge in [-0.2, -0.15) is 0 Å². The van der Waals surface area contributed by atoms with Crippen LogP contribution >= 0.6 is 15.9 Å². The number of nitrogens with one attached hydrogen (secondary N) is 1. The van der Waals surface area contributed by atoms with Gasteiger partial charge in [-0.1, -0.05) is 28.1 Å². The third kappa shape index (κ3) is 3.51. The lowest BCUT2D eigenvalue weighted by molar-refractivity contribution is 0.0995. The third-order valence-corrected chi connectivity index (χ3v) is 3.09. The molecule has 1 amide bonds. The van der Waals surface area contributed by atoms with Gasteiger partial charge in [-0.05, 0) is 24.6 Å². The van der Waals surface area contributed by atoms with Gasteiger partial charge in [0.2, 0.25) is 0 Å². The zero-order chi connectivity index (χ0) is 13.8. The summed E-state index contributed by atoms with van der Waals surface area (Å²) in [7, 11) is 0. The van der Waals surface area contributed by atoms with Crippen molar-refractivity contribution in [3.63, 3.8) is 0 Å². The number of benzene rings is 1. The summed E-state index contributed by atoms with van der Waals surface area (Å²) in [6, 6.07) is 7.99. The molecular weight excluding hydrogens is 308 g/mol. The van der Waals surface area contributed by atoms with Crippen molar-refractivity contribution in [2.45, 2.75) is 13.0 Å². The molecule has 2 rings (SSSR count). The van der Waals surface area contributed by atoms with E-state index in [9.17, 15) is 4.79 Å². The first-order chi connectivity index (χ1) is 9.06. The van der Waals surface area contributed by atoms with E-state index in [0.29, 0.717) is 5.82 Å².